The maximum Gasteiger partial charge on any atom is 0.225 e. The van der Waals surface area contributed by atoms with Gasteiger partial charge in [0, 0.05) is 57.4 Å². The fraction of sp³-hybridized carbons (Fsp3) is 0.588. The number of anilines is 1. The molecule has 2 aliphatic rings. The van der Waals surface area contributed by atoms with Gasteiger partial charge in [-0.25, -0.2) is 9.97 Å². The van der Waals surface area contributed by atoms with Crippen LogP contribution in [0.15, 0.2) is 30.9 Å². The van der Waals surface area contributed by atoms with Crippen molar-refractivity contribution in [2.75, 3.05) is 50.9 Å². The molecule has 0 radical (unpaired) electrons. The van der Waals surface area contributed by atoms with Gasteiger partial charge in [-0.2, -0.15) is 5.10 Å². The number of morpholine rings is 1. The van der Waals surface area contributed by atoms with E-state index in [1.165, 1.54) is 5.56 Å². The van der Waals surface area contributed by atoms with Crippen LogP contribution in [0.1, 0.15) is 5.56 Å². The summed E-state index contributed by atoms with van der Waals surface area (Å²) < 4.78 is 13.9. The van der Waals surface area contributed by atoms with E-state index >= 15 is 0 Å². The van der Waals surface area contributed by atoms with Crippen molar-refractivity contribution in [2.45, 2.75) is 12.1 Å². The van der Waals surface area contributed by atoms with Gasteiger partial charge in [0.2, 0.25) is 5.95 Å². The molecule has 0 bridgehead atoms. The second-order valence-electron chi connectivity index (χ2n) is 6.79. The average molecular weight is 344 g/mol. The summed E-state index contributed by atoms with van der Waals surface area (Å²) in [7, 11) is 1.95. The molecule has 8 nitrogen and oxygen atoms in total. The van der Waals surface area contributed by atoms with Gasteiger partial charge in [0.1, 0.15) is 5.60 Å². The fourth-order valence-corrected chi connectivity index (χ4v) is 3.58. The minimum absolute atomic E-state index is 0.351. The summed E-state index contributed by atoms with van der Waals surface area (Å²) in [6, 6.07) is 1.83. The van der Waals surface area contributed by atoms with E-state index in [1.54, 1.807) is 12.4 Å². The molecule has 0 amide bonds. The Balaban J connectivity index is 1.48. The standard InChI is InChI=1S/C17H24N6O2/c1-21-10-15(9-20-21)11-22-5-8-25-17(12-22)13-23(6-7-24-14-17)16-18-3-2-4-19-16/h2-4,9-10H,5-8,11-14H2,1H3. The maximum atomic E-state index is 6.23. The van der Waals surface area contributed by atoms with Gasteiger partial charge in [-0.05, 0) is 6.07 Å². The minimum atomic E-state index is -0.351. The van der Waals surface area contributed by atoms with Gasteiger partial charge in [0.25, 0.3) is 0 Å². The normalized spacial score (nSPS) is 25.2. The number of rotatable bonds is 3. The van der Waals surface area contributed by atoms with Crippen LogP contribution in [0.3, 0.4) is 0 Å². The highest BCUT2D eigenvalue weighted by atomic mass is 16.5. The molecule has 0 aliphatic carbocycles. The summed E-state index contributed by atoms with van der Waals surface area (Å²) in [6.45, 7) is 6.09. The smallest absolute Gasteiger partial charge is 0.225 e. The zero-order chi connectivity index (χ0) is 17.1. The lowest BCUT2D eigenvalue weighted by atomic mass is 10.0. The first kappa shape index (κ1) is 16.4. The monoisotopic (exact) mass is 344 g/mol. The van der Waals surface area contributed by atoms with Crippen molar-refractivity contribution in [2.24, 2.45) is 7.05 Å². The van der Waals surface area contributed by atoms with Crippen LogP contribution in [0.5, 0.6) is 0 Å². The number of ether oxygens (including phenoxy) is 2. The van der Waals surface area contributed by atoms with Crippen molar-refractivity contribution >= 4 is 5.95 Å². The molecular weight excluding hydrogens is 320 g/mol. The van der Waals surface area contributed by atoms with Gasteiger partial charge < -0.3 is 14.4 Å². The first-order chi connectivity index (χ1) is 12.2. The lowest BCUT2D eigenvalue weighted by Gasteiger charge is -2.43. The van der Waals surface area contributed by atoms with Gasteiger partial charge in [0.05, 0.1) is 32.6 Å². The highest BCUT2D eigenvalue weighted by molar-refractivity contribution is 5.30. The second kappa shape index (κ2) is 7.07. The van der Waals surface area contributed by atoms with E-state index < -0.39 is 0 Å². The number of hydrogen-bond acceptors (Lipinski definition) is 7. The van der Waals surface area contributed by atoms with Crippen molar-refractivity contribution in [3.05, 3.63) is 36.4 Å². The van der Waals surface area contributed by atoms with Crippen LogP contribution < -0.4 is 4.90 Å². The van der Waals surface area contributed by atoms with Crippen LogP contribution in [0.2, 0.25) is 0 Å². The van der Waals surface area contributed by atoms with Gasteiger partial charge in [-0.15, -0.1) is 0 Å². The van der Waals surface area contributed by atoms with Gasteiger partial charge in [-0.3, -0.25) is 9.58 Å². The fourth-order valence-electron chi connectivity index (χ4n) is 3.58. The number of hydrogen-bond donors (Lipinski definition) is 0. The Morgan fingerprint density at radius 3 is 2.84 bits per heavy atom. The molecule has 0 saturated carbocycles. The molecule has 4 heterocycles. The van der Waals surface area contributed by atoms with E-state index in [-0.39, 0.29) is 5.60 Å². The molecule has 2 fully saturated rings. The predicted octanol–water partition coefficient (Wildman–Crippen LogP) is 0.318. The van der Waals surface area contributed by atoms with Crippen LogP contribution >= 0.6 is 0 Å². The van der Waals surface area contributed by atoms with Crippen molar-refractivity contribution in [3.8, 4) is 0 Å². The molecule has 25 heavy (non-hydrogen) atoms. The van der Waals surface area contributed by atoms with Gasteiger partial charge >= 0.3 is 0 Å². The summed E-state index contributed by atoms with van der Waals surface area (Å²) in [5.41, 5.74) is 0.869. The molecule has 0 N–H and O–H groups in total. The second-order valence-corrected chi connectivity index (χ2v) is 6.79. The number of nitrogens with zero attached hydrogens (tertiary/aromatic N) is 6. The van der Waals surface area contributed by atoms with Crippen molar-refractivity contribution in [1.29, 1.82) is 0 Å². The highest BCUT2D eigenvalue weighted by Crippen LogP contribution is 2.25. The Labute approximate surface area is 147 Å². The molecule has 4 rings (SSSR count). The van der Waals surface area contributed by atoms with Crippen LogP contribution in [0.25, 0.3) is 0 Å². The quantitative estimate of drug-likeness (QED) is 0.794. The Morgan fingerprint density at radius 2 is 2.04 bits per heavy atom. The minimum Gasteiger partial charge on any atom is -0.376 e. The molecule has 1 spiro atoms. The molecule has 2 aromatic heterocycles. The van der Waals surface area contributed by atoms with Crippen LogP contribution in [0.4, 0.5) is 5.95 Å². The summed E-state index contributed by atoms with van der Waals surface area (Å²) in [6.07, 6.45) is 7.54. The first-order valence-electron chi connectivity index (χ1n) is 8.66. The number of aryl methyl sites for hydroxylation is 1. The molecule has 1 atom stereocenters. The molecule has 2 aliphatic heterocycles. The van der Waals surface area contributed by atoms with Crippen molar-refractivity contribution in [3.63, 3.8) is 0 Å². The summed E-state index contributed by atoms with van der Waals surface area (Å²) >= 11 is 0. The van der Waals surface area contributed by atoms with Gasteiger partial charge in [-0.1, -0.05) is 0 Å². The predicted molar refractivity (Wildman–Crippen MR) is 92.2 cm³/mol. The molecule has 134 valence electrons. The number of aromatic nitrogens is 4. The van der Waals surface area contributed by atoms with E-state index in [9.17, 15) is 0 Å². The van der Waals surface area contributed by atoms with E-state index in [0.29, 0.717) is 19.8 Å². The zero-order valence-electron chi connectivity index (χ0n) is 14.5. The molecule has 2 aromatic rings. The van der Waals surface area contributed by atoms with Crippen molar-refractivity contribution < 1.29 is 9.47 Å². The Kier molecular flexibility index (Phi) is 4.65. The molecule has 8 heteroatoms. The SMILES string of the molecule is Cn1cc(CN2CCOC3(COCCN(c4ncccn4)C3)C2)cn1. The molecular formula is C17H24N6O2. The van der Waals surface area contributed by atoms with E-state index in [1.807, 2.05) is 24.0 Å². The molecule has 1 unspecified atom stereocenters. The summed E-state index contributed by atoms with van der Waals surface area (Å²) in [5, 5.41) is 4.26. The third kappa shape index (κ3) is 3.81. The van der Waals surface area contributed by atoms with E-state index in [2.05, 4.69) is 31.1 Å². The molecule has 2 saturated heterocycles. The largest absolute Gasteiger partial charge is 0.376 e. The van der Waals surface area contributed by atoms with Crippen molar-refractivity contribution in [1.82, 2.24) is 24.6 Å². The van der Waals surface area contributed by atoms with Gasteiger partial charge in [0.15, 0.2) is 0 Å². The lowest BCUT2D eigenvalue weighted by Crippen LogP contribution is -2.58. The third-order valence-corrected chi connectivity index (χ3v) is 4.68. The van der Waals surface area contributed by atoms with Crippen LogP contribution in [-0.4, -0.2) is 76.2 Å². The average Bonchev–Trinajstić information content (AvgIpc) is 2.92. The lowest BCUT2D eigenvalue weighted by molar-refractivity contribution is -0.134. The Bertz CT molecular complexity index is 693. The Hall–Kier alpha value is -2.03. The third-order valence-electron chi connectivity index (χ3n) is 4.68. The zero-order valence-corrected chi connectivity index (χ0v) is 14.5. The molecule has 0 aromatic carbocycles. The highest BCUT2D eigenvalue weighted by Gasteiger charge is 2.40. The van der Waals surface area contributed by atoms with Crippen LogP contribution in [0, 0.1) is 0 Å². The van der Waals surface area contributed by atoms with E-state index in [4.69, 9.17) is 9.47 Å². The maximum absolute atomic E-state index is 6.23. The first-order valence-corrected chi connectivity index (χ1v) is 8.66. The topological polar surface area (TPSA) is 68.5 Å². The Morgan fingerprint density at radius 1 is 1.16 bits per heavy atom. The van der Waals surface area contributed by atoms with Crippen LogP contribution in [-0.2, 0) is 23.1 Å². The summed E-state index contributed by atoms with van der Waals surface area (Å²) in [4.78, 5) is 13.4. The summed E-state index contributed by atoms with van der Waals surface area (Å²) in [5.74, 6) is 0.736. The van der Waals surface area contributed by atoms with E-state index in [0.717, 1.165) is 38.7 Å².